The molecule has 7 nitrogen and oxygen atoms in total. The summed E-state index contributed by atoms with van der Waals surface area (Å²) in [5, 5.41) is 4.51. The lowest BCUT2D eigenvalue weighted by Gasteiger charge is -2.14. The van der Waals surface area contributed by atoms with Gasteiger partial charge in [-0.2, -0.15) is 0 Å². The highest BCUT2D eigenvalue weighted by Gasteiger charge is 2.20. The van der Waals surface area contributed by atoms with Crippen molar-refractivity contribution in [3.63, 3.8) is 0 Å². The van der Waals surface area contributed by atoms with E-state index < -0.39 is 24.0 Å². The molecule has 0 aliphatic rings. The lowest BCUT2D eigenvalue weighted by molar-refractivity contribution is -0.156. The molecule has 3 amide bonds. The van der Waals surface area contributed by atoms with Crippen molar-refractivity contribution in [2.75, 3.05) is 13.2 Å². The Morgan fingerprint density at radius 2 is 1.68 bits per heavy atom. The minimum absolute atomic E-state index is 0.343. The van der Waals surface area contributed by atoms with Gasteiger partial charge in [0.2, 0.25) is 0 Å². The fraction of sp³-hybridized carbons (Fsp3) is 0.286. The second kappa shape index (κ2) is 10.7. The van der Waals surface area contributed by atoms with Crippen molar-refractivity contribution in [3.05, 3.63) is 65.7 Å². The van der Waals surface area contributed by atoms with Gasteiger partial charge in [-0.25, -0.2) is 9.59 Å². The Hall–Kier alpha value is -3.35. The molecule has 2 rings (SSSR count). The first-order valence-electron chi connectivity index (χ1n) is 9.02. The number of para-hydroxylation sites is 1. The summed E-state index contributed by atoms with van der Waals surface area (Å²) in [6.07, 6.45) is -0.449. The Labute approximate surface area is 164 Å². The highest BCUT2D eigenvalue weighted by molar-refractivity contribution is 5.97. The van der Waals surface area contributed by atoms with E-state index in [2.05, 4.69) is 10.6 Å². The summed E-state index contributed by atoms with van der Waals surface area (Å²) in [6.45, 7) is 3.14. The van der Waals surface area contributed by atoms with Gasteiger partial charge in [-0.05, 0) is 31.0 Å². The summed E-state index contributed by atoms with van der Waals surface area (Å²) >= 11 is 0. The van der Waals surface area contributed by atoms with Crippen LogP contribution in [0.3, 0.4) is 0 Å². The van der Waals surface area contributed by atoms with Crippen molar-refractivity contribution >= 4 is 17.9 Å². The molecule has 0 unspecified atom stereocenters. The normalized spacial score (nSPS) is 11.2. The lowest BCUT2D eigenvalue weighted by Crippen LogP contribution is -2.44. The molecule has 1 atom stereocenters. The van der Waals surface area contributed by atoms with Crippen LogP contribution in [0.15, 0.2) is 54.6 Å². The summed E-state index contributed by atoms with van der Waals surface area (Å²) < 4.78 is 10.6. The maximum absolute atomic E-state index is 12.0. The number of amides is 3. The molecule has 148 valence electrons. The monoisotopic (exact) mass is 384 g/mol. The van der Waals surface area contributed by atoms with Crippen LogP contribution in [-0.2, 0) is 20.7 Å². The molecule has 0 fully saturated rings. The zero-order chi connectivity index (χ0) is 20.4. The van der Waals surface area contributed by atoms with E-state index in [1.165, 1.54) is 6.92 Å². The van der Waals surface area contributed by atoms with Crippen molar-refractivity contribution < 1.29 is 23.9 Å². The molecule has 0 aliphatic heterocycles. The quantitative estimate of drug-likeness (QED) is 0.682. The summed E-state index contributed by atoms with van der Waals surface area (Å²) in [7, 11) is 0. The average molecular weight is 384 g/mol. The standard InChI is InChI=1S/C21H24N2O5/c1-3-22-21(26)23-20(25)15(2)28-19(24)14-27-18-12-8-7-11-17(18)13-16-9-5-4-6-10-16/h4-12,15H,3,13-14H2,1-2H3,(H2,22,23,25,26)/t15-/m1/s1. The number of hydrogen-bond acceptors (Lipinski definition) is 5. The predicted molar refractivity (Wildman–Crippen MR) is 104 cm³/mol. The topological polar surface area (TPSA) is 93.7 Å². The molecule has 2 aromatic rings. The summed E-state index contributed by atoms with van der Waals surface area (Å²) in [5.41, 5.74) is 2.06. The summed E-state index contributed by atoms with van der Waals surface area (Å²) in [5.74, 6) is -0.834. The number of carbonyl (C=O) groups is 3. The Morgan fingerprint density at radius 3 is 2.39 bits per heavy atom. The van der Waals surface area contributed by atoms with Gasteiger partial charge in [0.05, 0.1) is 0 Å². The maximum Gasteiger partial charge on any atom is 0.344 e. The highest BCUT2D eigenvalue weighted by Crippen LogP contribution is 2.21. The zero-order valence-corrected chi connectivity index (χ0v) is 15.9. The van der Waals surface area contributed by atoms with Crippen molar-refractivity contribution in [1.29, 1.82) is 0 Å². The number of esters is 1. The van der Waals surface area contributed by atoms with Gasteiger partial charge in [0.1, 0.15) is 5.75 Å². The van der Waals surface area contributed by atoms with Crippen LogP contribution in [0.1, 0.15) is 25.0 Å². The fourth-order valence-corrected chi connectivity index (χ4v) is 2.45. The van der Waals surface area contributed by atoms with Crippen LogP contribution >= 0.6 is 0 Å². The van der Waals surface area contributed by atoms with Crippen LogP contribution < -0.4 is 15.4 Å². The first kappa shape index (κ1) is 21.0. The largest absolute Gasteiger partial charge is 0.482 e. The second-order valence-corrected chi connectivity index (χ2v) is 6.04. The van der Waals surface area contributed by atoms with Crippen LogP contribution in [0.4, 0.5) is 4.79 Å². The molecule has 0 bridgehead atoms. The van der Waals surface area contributed by atoms with E-state index in [9.17, 15) is 14.4 Å². The zero-order valence-electron chi connectivity index (χ0n) is 15.9. The van der Waals surface area contributed by atoms with E-state index in [-0.39, 0.29) is 6.61 Å². The molecular weight excluding hydrogens is 360 g/mol. The van der Waals surface area contributed by atoms with Crippen molar-refractivity contribution in [1.82, 2.24) is 10.6 Å². The Morgan fingerprint density at radius 1 is 1.00 bits per heavy atom. The number of imide groups is 1. The Bertz CT molecular complexity index is 807. The van der Waals surface area contributed by atoms with Gasteiger partial charge in [0, 0.05) is 13.0 Å². The third-order valence-corrected chi connectivity index (χ3v) is 3.81. The minimum Gasteiger partial charge on any atom is -0.482 e. The third-order valence-electron chi connectivity index (χ3n) is 3.81. The molecule has 0 heterocycles. The SMILES string of the molecule is CCNC(=O)NC(=O)[C@@H](C)OC(=O)COc1ccccc1Cc1ccccc1. The summed E-state index contributed by atoms with van der Waals surface area (Å²) in [4.78, 5) is 35.1. The molecule has 0 radical (unpaired) electrons. The van der Waals surface area contributed by atoms with Gasteiger partial charge >= 0.3 is 12.0 Å². The molecule has 0 aromatic heterocycles. The fourth-order valence-electron chi connectivity index (χ4n) is 2.45. The molecule has 7 heteroatoms. The first-order chi connectivity index (χ1) is 13.5. The lowest BCUT2D eigenvalue weighted by atomic mass is 10.0. The van der Waals surface area contributed by atoms with Crippen molar-refractivity contribution in [3.8, 4) is 5.75 Å². The smallest absolute Gasteiger partial charge is 0.344 e. The molecule has 2 N–H and O–H groups in total. The molecule has 28 heavy (non-hydrogen) atoms. The van der Waals surface area contributed by atoms with Crippen LogP contribution in [0.25, 0.3) is 0 Å². The molecule has 0 saturated carbocycles. The van der Waals surface area contributed by atoms with E-state index in [0.717, 1.165) is 11.1 Å². The van der Waals surface area contributed by atoms with Gasteiger partial charge in [-0.1, -0.05) is 48.5 Å². The van der Waals surface area contributed by atoms with E-state index in [1.54, 1.807) is 13.0 Å². The Balaban J connectivity index is 1.87. The second-order valence-electron chi connectivity index (χ2n) is 6.04. The minimum atomic E-state index is -1.11. The maximum atomic E-state index is 12.0. The predicted octanol–water partition coefficient (Wildman–Crippen LogP) is 2.43. The van der Waals surface area contributed by atoms with Gasteiger partial charge in [0.15, 0.2) is 12.7 Å². The van der Waals surface area contributed by atoms with Crippen LogP contribution in [0.2, 0.25) is 0 Å². The molecule has 0 spiro atoms. The molecule has 0 saturated heterocycles. The van der Waals surface area contributed by atoms with Crippen molar-refractivity contribution in [2.24, 2.45) is 0 Å². The summed E-state index contributed by atoms with van der Waals surface area (Å²) in [6, 6.07) is 16.7. The van der Waals surface area contributed by atoms with Crippen LogP contribution in [0.5, 0.6) is 5.75 Å². The number of hydrogen-bond donors (Lipinski definition) is 2. The highest BCUT2D eigenvalue weighted by atomic mass is 16.6. The molecular formula is C21H24N2O5. The van der Waals surface area contributed by atoms with E-state index >= 15 is 0 Å². The van der Waals surface area contributed by atoms with E-state index in [0.29, 0.717) is 18.7 Å². The number of urea groups is 1. The number of rotatable bonds is 8. The van der Waals surface area contributed by atoms with Crippen LogP contribution in [0, 0.1) is 0 Å². The Kier molecular flexibility index (Phi) is 8.02. The number of benzene rings is 2. The average Bonchev–Trinajstić information content (AvgIpc) is 2.68. The van der Waals surface area contributed by atoms with Gasteiger partial charge in [-0.3, -0.25) is 10.1 Å². The molecule has 2 aromatic carbocycles. The van der Waals surface area contributed by atoms with Crippen LogP contribution in [-0.4, -0.2) is 37.2 Å². The van der Waals surface area contributed by atoms with Gasteiger partial charge in [0.25, 0.3) is 5.91 Å². The van der Waals surface area contributed by atoms with E-state index in [1.807, 2.05) is 48.5 Å². The van der Waals surface area contributed by atoms with Crippen molar-refractivity contribution in [2.45, 2.75) is 26.4 Å². The van der Waals surface area contributed by atoms with E-state index in [4.69, 9.17) is 9.47 Å². The first-order valence-corrected chi connectivity index (χ1v) is 9.02. The van der Waals surface area contributed by atoms with Gasteiger partial charge in [-0.15, -0.1) is 0 Å². The van der Waals surface area contributed by atoms with Gasteiger partial charge < -0.3 is 14.8 Å². The number of carbonyl (C=O) groups excluding carboxylic acids is 3. The number of nitrogens with one attached hydrogen (secondary N) is 2. The molecule has 0 aliphatic carbocycles. The third kappa shape index (κ3) is 6.75. The number of ether oxygens (including phenoxy) is 2.